The highest BCUT2D eigenvalue weighted by Gasteiger charge is 2.25. The SMILES string of the molecule is Cc1nn(C)c(Cl)c1S(=O)(=O)NCCCN1CC(C)OC(C)C1. The molecule has 23 heavy (non-hydrogen) atoms. The van der Waals surface area contributed by atoms with Crippen LogP contribution < -0.4 is 4.72 Å². The van der Waals surface area contributed by atoms with E-state index in [9.17, 15) is 8.42 Å². The molecule has 1 saturated heterocycles. The second kappa shape index (κ2) is 7.48. The van der Waals surface area contributed by atoms with Crippen LogP contribution in [0.5, 0.6) is 0 Å². The molecule has 2 heterocycles. The summed E-state index contributed by atoms with van der Waals surface area (Å²) in [5.74, 6) is 0. The molecule has 132 valence electrons. The Morgan fingerprint density at radius 2 is 1.96 bits per heavy atom. The van der Waals surface area contributed by atoms with Crippen molar-refractivity contribution in [2.75, 3.05) is 26.2 Å². The fourth-order valence-corrected chi connectivity index (χ4v) is 4.78. The zero-order valence-corrected chi connectivity index (χ0v) is 15.6. The number of nitrogens with zero attached hydrogens (tertiary/aromatic N) is 3. The highest BCUT2D eigenvalue weighted by Crippen LogP contribution is 2.23. The van der Waals surface area contributed by atoms with Gasteiger partial charge in [-0.1, -0.05) is 11.6 Å². The second-order valence-corrected chi connectivity index (χ2v) is 8.16. The van der Waals surface area contributed by atoms with Crippen molar-refractivity contribution in [3.8, 4) is 0 Å². The van der Waals surface area contributed by atoms with E-state index in [-0.39, 0.29) is 22.3 Å². The zero-order valence-electron chi connectivity index (χ0n) is 14.0. The van der Waals surface area contributed by atoms with E-state index in [1.807, 2.05) is 0 Å². The van der Waals surface area contributed by atoms with Crippen LogP contribution in [0.4, 0.5) is 0 Å². The maximum Gasteiger partial charge on any atom is 0.245 e. The Hall–Kier alpha value is -0.670. The summed E-state index contributed by atoms with van der Waals surface area (Å²) in [7, 11) is -2.01. The van der Waals surface area contributed by atoms with Crippen molar-refractivity contribution in [2.45, 2.75) is 44.3 Å². The molecule has 1 N–H and O–H groups in total. The van der Waals surface area contributed by atoms with Gasteiger partial charge in [-0.25, -0.2) is 13.1 Å². The maximum atomic E-state index is 12.4. The molecule has 0 radical (unpaired) electrons. The number of rotatable bonds is 6. The van der Waals surface area contributed by atoms with Crippen LogP contribution in [-0.2, 0) is 21.8 Å². The third kappa shape index (κ3) is 4.67. The van der Waals surface area contributed by atoms with Crippen molar-refractivity contribution >= 4 is 21.6 Å². The summed E-state index contributed by atoms with van der Waals surface area (Å²) in [6, 6.07) is 0. The van der Waals surface area contributed by atoms with Gasteiger partial charge in [0.25, 0.3) is 0 Å². The van der Waals surface area contributed by atoms with Crippen LogP contribution in [0.2, 0.25) is 5.15 Å². The summed E-state index contributed by atoms with van der Waals surface area (Å²) in [4.78, 5) is 2.37. The third-order valence-corrected chi connectivity index (χ3v) is 5.96. The molecule has 0 saturated carbocycles. The van der Waals surface area contributed by atoms with Gasteiger partial charge >= 0.3 is 0 Å². The number of sulfonamides is 1. The Balaban J connectivity index is 1.86. The first-order valence-corrected chi connectivity index (χ1v) is 9.63. The third-order valence-electron chi connectivity index (χ3n) is 3.81. The number of halogens is 1. The Kier molecular flexibility index (Phi) is 6.07. The van der Waals surface area contributed by atoms with E-state index >= 15 is 0 Å². The first-order valence-electron chi connectivity index (χ1n) is 7.77. The molecule has 0 bridgehead atoms. The van der Waals surface area contributed by atoms with Crippen LogP contribution in [0, 0.1) is 6.92 Å². The van der Waals surface area contributed by atoms with Crippen molar-refractivity contribution < 1.29 is 13.2 Å². The average Bonchev–Trinajstić information content (AvgIpc) is 2.67. The monoisotopic (exact) mass is 364 g/mol. The Morgan fingerprint density at radius 1 is 1.35 bits per heavy atom. The van der Waals surface area contributed by atoms with Crippen molar-refractivity contribution in [1.82, 2.24) is 19.4 Å². The summed E-state index contributed by atoms with van der Waals surface area (Å²) >= 11 is 6.02. The lowest BCUT2D eigenvalue weighted by atomic mass is 10.2. The fraction of sp³-hybridized carbons (Fsp3) is 0.786. The molecular weight excluding hydrogens is 340 g/mol. The van der Waals surface area contributed by atoms with Gasteiger partial charge in [-0.05, 0) is 33.7 Å². The first kappa shape index (κ1) is 18.7. The van der Waals surface area contributed by atoms with E-state index in [1.54, 1.807) is 14.0 Å². The highest BCUT2D eigenvalue weighted by atomic mass is 35.5. The number of aryl methyl sites for hydroxylation is 2. The molecule has 1 aliphatic rings. The van der Waals surface area contributed by atoms with Crippen molar-refractivity contribution in [1.29, 1.82) is 0 Å². The minimum absolute atomic E-state index is 0.0651. The smallest absolute Gasteiger partial charge is 0.245 e. The van der Waals surface area contributed by atoms with E-state index in [1.165, 1.54) is 4.68 Å². The van der Waals surface area contributed by atoms with Gasteiger partial charge in [0.15, 0.2) is 0 Å². The fourth-order valence-electron chi connectivity index (χ4n) is 2.96. The Bertz CT molecular complexity index is 637. The van der Waals surface area contributed by atoms with Gasteiger partial charge in [0, 0.05) is 26.7 Å². The molecule has 0 aliphatic carbocycles. The predicted molar refractivity (Wildman–Crippen MR) is 89.2 cm³/mol. The Morgan fingerprint density at radius 3 is 2.48 bits per heavy atom. The number of ether oxygens (including phenoxy) is 1. The highest BCUT2D eigenvalue weighted by molar-refractivity contribution is 7.89. The van der Waals surface area contributed by atoms with Crippen LogP contribution in [0.25, 0.3) is 0 Å². The van der Waals surface area contributed by atoms with Gasteiger partial charge < -0.3 is 4.74 Å². The molecular formula is C14H25ClN4O3S. The molecule has 0 spiro atoms. The van der Waals surface area contributed by atoms with Crippen LogP contribution in [0.1, 0.15) is 26.0 Å². The largest absolute Gasteiger partial charge is 0.373 e. The molecule has 1 aromatic rings. The zero-order chi connectivity index (χ0) is 17.2. The Labute approximate surface area is 143 Å². The molecule has 1 aromatic heterocycles. The number of nitrogens with one attached hydrogen (secondary N) is 1. The minimum Gasteiger partial charge on any atom is -0.373 e. The second-order valence-electron chi connectivity index (χ2n) is 6.10. The van der Waals surface area contributed by atoms with Crippen LogP contribution >= 0.6 is 11.6 Å². The topological polar surface area (TPSA) is 76.5 Å². The van der Waals surface area contributed by atoms with E-state index in [0.717, 1.165) is 26.1 Å². The predicted octanol–water partition coefficient (Wildman–Crippen LogP) is 1.16. The minimum atomic E-state index is -3.63. The molecule has 1 aliphatic heterocycles. The van der Waals surface area contributed by atoms with Crippen LogP contribution in [0.15, 0.2) is 4.90 Å². The number of hydrogen-bond acceptors (Lipinski definition) is 5. The molecule has 2 rings (SSSR count). The summed E-state index contributed by atoms with van der Waals surface area (Å²) in [5, 5.41) is 4.17. The van der Waals surface area contributed by atoms with E-state index < -0.39 is 10.0 Å². The van der Waals surface area contributed by atoms with Gasteiger partial charge in [0.05, 0.1) is 17.9 Å². The van der Waals surface area contributed by atoms with Crippen molar-refractivity contribution in [3.05, 3.63) is 10.8 Å². The van der Waals surface area contributed by atoms with Gasteiger partial charge in [-0.15, -0.1) is 0 Å². The van der Waals surface area contributed by atoms with Gasteiger partial charge in [-0.2, -0.15) is 5.10 Å². The number of aromatic nitrogens is 2. The first-order chi connectivity index (χ1) is 10.7. The average molecular weight is 365 g/mol. The summed E-state index contributed by atoms with van der Waals surface area (Å²) in [6.07, 6.45) is 1.16. The summed E-state index contributed by atoms with van der Waals surface area (Å²) < 4.78 is 34.4. The van der Waals surface area contributed by atoms with Crippen LogP contribution in [-0.4, -0.2) is 61.5 Å². The lowest BCUT2D eigenvalue weighted by molar-refractivity contribution is -0.0679. The lowest BCUT2D eigenvalue weighted by Gasteiger charge is -2.35. The van der Waals surface area contributed by atoms with Gasteiger partial charge in [-0.3, -0.25) is 9.58 Å². The molecule has 2 atom stereocenters. The van der Waals surface area contributed by atoms with Crippen molar-refractivity contribution in [3.63, 3.8) is 0 Å². The molecule has 9 heteroatoms. The van der Waals surface area contributed by atoms with E-state index in [2.05, 4.69) is 28.6 Å². The molecule has 7 nitrogen and oxygen atoms in total. The molecule has 0 amide bonds. The van der Waals surface area contributed by atoms with E-state index in [4.69, 9.17) is 16.3 Å². The lowest BCUT2D eigenvalue weighted by Crippen LogP contribution is -2.46. The van der Waals surface area contributed by atoms with Crippen molar-refractivity contribution in [2.24, 2.45) is 7.05 Å². The summed E-state index contributed by atoms with van der Waals surface area (Å²) in [5.41, 5.74) is 0.404. The van der Waals surface area contributed by atoms with E-state index in [0.29, 0.717) is 12.2 Å². The van der Waals surface area contributed by atoms with Gasteiger partial charge in [0.1, 0.15) is 10.0 Å². The number of morpholine rings is 1. The number of hydrogen-bond donors (Lipinski definition) is 1. The summed E-state index contributed by atoms with van der Waals surface area (Å²) in [6.45, 7) is 8.71. The van der Waals surface area contributed by atoms with Gasteiger partial charge in [0.2, 0.25) is 10.0 Å². The van der Waals surface area contributed by atoms with Crippen LogP contribution in [0.3, 0.4) is 0 Å². The quantitative estimate of drug-likeness (QED) is 0.766. The maximum absolute atomic E-state index is 12.4. The standard InChI is InChI=1S/C14H25ClN4O3S/c1-10-8-19(9-11(2)22-10)7-5-6-16-23(20,21)13-12(3)17-18(4)14(13)15/h10-11,16H,5-9H2,1-4H3. The molecule has 1 fully saturated rings. The molecule has 2 unspecified atom stereocenters. The molecule has 0 aromatic carbocycles. The normalized spacial score (nSPS) is 23.3.